The van der Waals surface area contributed by atoms with Crippen molar-refractivity contribution < 1.29 is 9.84 Å². The second-order valence-corrected chi connectivity index (χ2v) is 3.44. The summed E-state index contributed by atoms with van der Waals surface area (Å²) in [6.07, 6.45) is 2.26. The molecule has 0 aromatic carbocycles. The minimum Gasteiger partial charge on any atom is -0.393 e. The maximum Gasteiger partial charge on any atom is 0.138 e. The van der Waals surface area contributed by atoms with Gasteiger partial charge in [-0.1, -0.05) is 0 Å². The first kappa shape index (κ1) is 11.1. The second-order valence-electron chi connectivity index (χ2n) is 3.44. The number of ether oxygens (including phenoxy) is 1. The van der Waals surface area contributed by atoms with Crippen molar-refractivity contribution >= 4 is 0 Å². The lowest BCUT2D eigenvalue weighted by Gasteiger charge is -2.14. The maximum atomic E-state index is 9.69. The molecule has 0 aliphatic carbocycles. The number of nitrogens with zero attached hydrogens (tertiary/aromatic N) is 3. The van der Waals surface area contributed by atoms with Crippen molar-refractivity contribution in [2.24, 2.45) is 7.05 Å². The van der Waals surface area contributed by atoms with Gasteiger partial charge in [-0.05, 0) is 13.3 Å². The molecule has 5 heteroatoms. The van der Waals surface area contributed by atoms with Crippen LogP contribution in [0.15, 0.2) is 6.33 Å². The molecule has 5 nitrogen and oxygen atoms in total. The molecule has 0 saturated heterocycles. The molecule has 14 heavy (non-hydrogen) atoms. The molecule has 1 heterocycles. The Hall–Kier alpha value is -0.940. The monoisotopic (exact) mass is 199 g/mol. The van der Waals surface area contributed by atoms with E-state index in [9.17, 15) is 5.11 Å². The molecule has 1 aromatic rings. The van der Waals surface area contributed by atoms with Crippen molar-refractivity contribution in [1.82, 2.24) is 14.8 Å². The summed E-state index contributed by atoms with van der Waals surface area (Å²) in [6, 6.07) is 0. The second kappa shape index (κ2) is 5.07. The van der Waals surface area contributed by atoms with E-state index in [4.69, 9.17) is 4.74 Å². The number of hydrogen-bond donors (Lipinski definition) is 1. The third-order valence-corrected chi connectivity index (χ3v) is 2.23. The van der Waals surface area contributed by atoms with Gasteiger partial charge in [0.2, 0.25) is 0 Å². The normalized spacial score (nSPS) is 15.4. The lowest BCUT2D eigenvalue weighted by atomic mass is 10.1. The molecule has 1 rings (SSSR count). The fraction of sp³-hybridized carbons (Fsp3) is 0.778. The van der Waals surface area contributed by atoms with Crippen LogP contribution in [0.2, 0.25) is 0 Å². The van der Waals surface area contributed by atoms with E-state index in [1.165, 1.54) is 6.33 Å². The average molecular weight is 199 g/mol. The van der Waals surface area contributed by atoms with Gasteiger partial charge in [0, 0.05) is 20.6 Å². The Morgan fingerprint density at radius 3 is 2.86 bits per heavy atom. The van der Waals surface area contributed by atoms with E-state index >= 15 is 0 Å². The van der Waals surface area contributed by atoms with E-state index in [2.05, 4.69) is 10.1 Å². The van der Waals surface area contributed by atoms with Gasteiger partial charge in [0.15, 0.2) is 0 Å². The molecule has 1 N–H and O–H groups in total. The van der Waals surface area contributed by atoms with Crippen LogP contribution in [0.4, 0.5) is 0 Å². The summed E-state index contributed by atoms with van der Waals surface area (Å²) in [5.41, 5.74) is 0. The number of rotatable bonds is 5. The Morgan fingerprint density at radius 2 is 2.36 bits per heavy atom. The molecule has 0 saturated carbocycles. The zero-order chi connectivity index (χ0) is 10.6. The molecule has 0 radical (unpaired) electrons. The number of methoxy groups -OCH3 is 1. The van der Waals surface area contributed by atoms with E-state index < -0.39 is 6.10 Å². The smallest absolute Gasteiger partial charge is 0.138 e. The highest BCUT2D eigenvalue weighted by molar-refractivity contribution is 4.86. The van der Waals surface area contributed by atoms with Crippen LogP contribution in [0.1, 0.15) is 19.2 Å². The summed E-state index contributed by atoms with van der Waals surface area (Å²) in [5, 5.41) is 13.6. The molecule has 2 unspecified atom stereocenters. The minimum absolute atomic E-state index is 0.0678. The van der Waals surface area contributed by atoms with Gasteiger partial charge in [0.05, 0.1) is 12.2 Å². The first-order valence-corrected chi connectivity index (χ1v) is 4.67. The van der Waals surface area contributed by atoms with Crippen LogP contribution in [-0.2, 0) is 18.2 Å². The van der Waals surface area contributed by atoms with Gasteiger partial charge in [-0.3, -0.25) is 4.68 Å². The molecular weight excluding hydrogens is 182 g/mol. The largest absolute Gasteiger partial charge is 0.393 e. The van der Waals surface area contributed by atoms with E-state index in [1.54, 1.807) is 11.8 Å². The summed E-state index contributed by atoms with van der Waals surface area (Å²) in [5.74, 6) is 0.792. The molecule has 0 aliphatic heterocycles. The quantitative estimate of drug-likeness (QED) is 0.733. The molecule has 1 aromatic heterocycles. The van der Waals surface area contributed by atoms with Crippen molar-refractivity contribution in [1.29, 1.82) is 0 Å². The van der Waals surface area contributed by atoms with Crippen LogP contribution in [0, 0.1) is 0 Å². The first-order valence-electron chi connectivity index (χ1n) is 4.67. The standard InChI is InChI=1S/C9H17N3O2/c1-7(14-3)4-8(13)5-9-10-6-11-12(9)2/h6-8,13H,4-5H2,1-3H3. The Labute approximate surface area is 83.7 Å². The van der Waals surface area contributed by atoms with Gasteiger partial charge in [0.1, 0.15) is 12.2 Å². The minimum atomic E-state index is -0.423. The van der Waals surface area contributed by atoms with Gasteiger partial charge in [-0.15, -0.1) is 0 Å². The third-order valence-electron chi connectivity index (χ3n) is 2.23. The lowest BCUT2D eigenvalue weighted by molar-refractivity contribution is 0.0554. The highest BCUT2D eigenvalue weighted by atomic mass is 16.5. The van der Waals surface area contributed by atoms with Crippen molar-refractivity contribution in [3.05, 3.63) is 12.2 Å². The molecule has 0 fully saturated rings. The summed E-state index contributed by atoms with van der Waals surface area (Å²) in [6.45, 7) is 1.93. The zero-order valence-electron chi connectivity index (χ0n) is 8.84. The zero-order valence-corrected chi connectivity index (χ0v) is 8.84. The first-order chi connectivity index (χ1) is 6.63. The lowest BCUT2D eigenvalue weighted by Crippen LogP contribution is -2.20. The van der Waals surface area contributed by atoms with E-state index in [0.29, 0.717) is 12.8 Å². The van der Waals surface area contributed by atoms with Gasteiger partial charge in [-0.25, -0.2) is 4.98 Å². The van der Waals surface area contributed by atoms with Crippen LogP contribution >= 0.6 is 0 Å². The van der Waals surface area contributed by atoms with Gasteiger partial charge >= 0.3 is 0 Å². The Morgan fingerprint density at radius 1 is 1.64 bits per heavy atom. The fourth-order valence-corrected chi connectivity index (χ4v) is 1.28. The van der Waals surface area contributed by atoms with Gasteiger partial charge in [-0.2, -0.15) is 5.10 Å². The van der Waals surface area contributed by atoms with Gasteiger partial charge < -0.3 is 9.84 Å². The Bertz CT molecular complexity index is 275. The van der Waals surface area contributed by atoms with Gasteiger partial charge in [0.25, 0.3) is 0 Å². The number of hydrogen-bond acceptors (Lipinski definition) is 4. The summed E-state index contributed by atoms with van der Waals surface area (Å²) < 4.78 is 6.73. The third kappa shape index (κ3) is 3.08. The van der Waals surface area contributed by atoms with Crippen LogP contribution in [-0.4, -0.2) is 39.2 Å². The van der Waals surface area contributed by atoms with E-state index in [-0.39, 0.29) is 6.10 Å². The Balaban J connectivity index is 2.41. The SMILES string of the molecule is COC(C)CC(O)Cc1ncnn1C. The average Bonchev–Trinajstić information content (AvgIpc) is 2.51. The molecule has 0 bridgehead atoms. The predicted octanol–water partition coefficient (Wildman–Crippen LogP) is 0.143. The number of aromatic nitrogens is 3. The summed E-state index contributed by atoms with van der Waals surface area (Å²) >= 11 is 0. The number of aliphatic hydroxyl groups excluding tert-OH is 1. The maximum absolute atomic E-state index is 9.69. The predicted molar refractivity (Wildman–Crippen MR) is 51.8 cm³/mol. The van der Waals surface area contributed by atoms with Crippen LogP contribution in [0.3, 0.4) is 0 Å². The van der Waals surface area contributed by atoms with Crippen molar-refractivity contribution in [3.8, 4) is 0 Å². The van der Waals surface area contributed by atoms with Crippen LogP contribution in [0.5, 0.6) is 0 Å². The Kier molecular flexibility index (Phi) is 4.03. The summed E-state index contributed by atoms with van der Waals surface area (Å²) in [4.78, 5) is 4.04. The van der Waals surface area contributed by atoms with Crippen LogP contribution < -0.4 is 0 Å². The highest BCUT2D eigenvalue weighted by Crippen LogP contribution is 2.06. The highest BCUT2D eigenvalue weighted by Gasteiger charge is 2.12. The number of aryl methyl sites for hydroxylation is 1. The topological polar surface area (TPSA) is 60.2 Å². The van der Waals surface area contributed by atoms with Crippen molar-refractivity contribution in [2.45, 2.75) is 32.0 Å². The molecule has 80 valence electrons. The summed E-state index contributed by atoms with van der Waals surface area (Å²) in [7, 11) is 3.45. The molecular formula is C9H17N3O2. The van der Waals surface area contributed by atoms with Crippen molar-refractivity contribution in [2.75, 3.05) is 7.11 Å². The molecule has 0 aliphatic rings. The molecule has 2 atom stereocenters. The van der Waals surface area contributed by atoms with Crippen LogP contribution in [0.25, 0.3) is 0 Å². The van der Waals surface area contributed by atoms with E-state index in [0.717, 1.165) is 5.82 Å². The molecule has 0 amide bonds. The molecule has 0 spiro atoms. The fourth-order valence-electron chi connectivity index (χ4n) is 1.28. The van der Waals surface area contributed by atoms with E-state index in [1.807, 2.05) is 14.0 Å². The van der Waals surface area contributed by atoms with Crippen molar-refractivity contribution in [3.63, 3.8) is 0 Å². The number of aliphatic hydroxyl groups is 1.